The number of carbonyl (C=O) groups excluding carboxylic acids is 2. The molecule has 0 bridgehead atoms. The highest BCUT2D eigenvalue weighted by molar-refractivity contribution is 7.92. The van der Waals surface area contributed by atoms with E-state index in [-0.39, 0.29) is 18.7 Å². The van der Waals surface area contributed by atoms with Gasteiger partial charge in [-0.05, 0) is 56.2 Å². The summed E-state index contributed by atoms with van der Waals surface area (Å²) in [6.07, 6.45) is 1.09. The van der Waals surface area contributed by atoms with Crippen LogP contribution in [0.1, 0.15) is 31.9 Å². The number of sulfonamides is 1. The van der Waals surface area contributed by atoms with Crippen molar-refractivity contribution in [1.82, 2.24) is 10.2 Å². The van der Waals surface area contributed by atoms with Gasteiger partial charge in [-0.15, -0.1) is 0 Å². The first-order chi connectivity index (χ1) is 18.2. The second-order valence-electron chi connectivity index (χ2n) is 10.3. The van der Waals surface area contributed by atoms with E-state index in [2.05, 4.69) is 5.32 Å². The number of anilines is 1. The molecule has 0 aliphatic rings. The van der Waals surface area contributed by atoms with Gasteiger partial charge in [0.15, 0.2) is 0 Å². The molecular formula is C29H33ClFN3O4S. The van der Waals surface area contributed by atoms with E-state index in [1.165, 1.54) is 23.1 Å². The molecule has 3 aromatic rings. The minimum absolute atomic E-state index is 0.0000605. The Morgan fingerprint density at radius 1 is 0.923 bits per heavy atom. The van der Waals surface area contributed by atoms with Crippen LogP contribution in [0.15, 0.2) is 78.9 Å². The number of benzene rings is 3. The quantitative estimate of drug-likeness (QED) is 0.377. The van der Waals surface area contributed by atoms with Crippen LogP contribution in [0.3, 0.4) is 0 Å². The minimum atomic E-state index is -4.05. The molecule has 3 aromatic carbocycles. The Morgan fingerprint density at radius 3 is 2.08 bits per heavy atom. The van der Waals surface area contributed by atoms with Crippen LogP contribution < -0.4 is 9.62 Å². The lowest BCUT2D eigenvalue weighted by Gasteiger charge is -2.35. The average Bonchev–Trinajstić information content (AvgIpc) is 2.85. The number of carbonyl (C=O) groups is 2. The van der Waals surface area contributed by atoms with Crippen molar-refractivity contribution in [3.8, 4) is 0 Å². The number of amides is 2. The summed E-state index contributed by atoms with van der Waals surface area (Å²) >= 11 is 6.05. The van der Waals surface area contributed by atoms with Gasteiger partial charge < -0.3 is 10.2 Å². The molecule has 0 radical (unpaired) electrons. The third-order valence-electron chi connectivity index (χ3n) is 5.84. The van der Waals surface area contributed by atoms with Crippen LogP contribution in [0, 0.1) is 5.82 Å². The summed E-state index contributed by atoms with van der Waals surface area (Å²) in [7, 11) is -4.05. The largest absolute Gasteiger partial charge is 0.350 e. The molecule has 0 saturated carbocycles. The van der Waals surface area contributed by atoms with E-state index < -0.39 is 45.8 Å². The summed E-state index contributed by atoms with van der Waals surface area (Å²) in [6.45, 7) is 4.81. The third-order valence-corrected chi connectivity index (χ3v) is 7.21. The Hall–Kier alpha value is -3.43. The zero-order chi connectivity index (χ0) is 28.8. The predicted molar refractivity (Wildman–Crippen MR) is 152 cm³/mol. The molecular weight excluding hydrogens is 541 g/mol. The van der Waals surface area contributed by atoms with Gasteiger partial charge in [-0.1, -0.05) is 66.2 Å². The van der Waals surface area contributed by atoms with E-state index in [4.69, 9.17) is 11.6 Å². The number of hydrogen-bond donors (Lipinski definition) is 1. The molecule has 0 aliphatic heterocycles. The van der Waals surface area contributed by atoms with Gasteiger partial charge in [0.05, 0.1) is 11.9 Å². The zero-order valence-corrected chi connectivity index (χ0v) is 24.0. The van der Waals surface area contributed by atoms with Gasteiger partial charge in [0.2, 0.25) is 21.8 Å². The van der Waals surface area contributed by atoms with Gasteiger partial charge in [-0.3, -0.25) is 13.9 Å². The summed E-state index contributed by atoms with van der Waals surface area (Å²) in [5, 5.41) is 3.45. The first kappa shape index (κ1) is 30.1. The van der Waals surface area contributed by atoms with Gasteiger partial charge >= 0.3 is 0 Å². The van der Waals surface area contributed by atoms with Crippen LogP contribution in [0.5, 0.6) is 0 Å². The molecule has 7 nitrogen and oxygen atoms in total. The highest BCUT2D eigenvalue weighted by atomic mass is 35.5. The Labute approximate surface area is 234 Å². The van der Waals surface area contributed by atoms with Crippen LogP contribution in [-0.4, -0.2) is 49.5 Å². The van der Waals surface area contributed by atoms with Crippen molar-refractivity contribution in [2.24, 2.45) is 0 Å². The van der Waals surface area contributed by atoms with Crippen LogP contribution in [0.4, 0.5) is 10.1 Å². The van der Waals surface area contributed by atoms with Crippen molar-refractivity contribution in [3.05, 3.63) is 101 Å². The Balaban J connectivity index is 2.08. The van der Waals surface area contributed by atoms with E-state index in [0.717, 1.165) is 22.2 Å². The summed E-state index contributed by atoms with van der Waals surface area (Å²) in [5.74, 6) is -1.85. The lowest BCUT2D eigenvalue weighted by molar-refractivity contribution is -0.140. The van der Waals surface area contributed by atoms with Gasteiger partial charge in [-0.2, -0.15) is 0 Å². The zero-order valence-electron chi connectivity index (χ0n) is 22.4. The molecule has 1 N–H and O–H groups in total. The molecule has 0 aromatic heterocycles. The molecule has 0 heterocycles. The van der Waals surface area contributed by atoms with Crippen molar-refractivity contribution < 1.29 is 22.4 Å². The lowest BCUT2D eigenvalue weighted by atomic mass is 10.0. The van der Waals surface area contributed by atoms with Crippen molar-refractivity contribution in [1.29, 1.82) is 0 Å². The van der Waals surface area contributed by atoms with Crippen molar-refractivity contribution in [2.45, 2.75) is 45.3 Å². The second kappa shape index (κ2) is 12.6. The standard InChI is InChI=1S/C29H33ClFN3O4S/c1-29(2,3)32-28(36)26(18-21-10-6-5-7-11-21)33(19-22-14-16-23(30)17-15-22)27(35)20-34(39(4,37)38)25-13-9-8-12-24(25)31/h5-17,26H,18-20H2,1-4H3,(H,32,36). The number of hydrogen-bond acceptors (Lipinski definition) is 4. The molecule has 0 saturated heterocycles. The number of rotatable bonds is 10. The number of halogens is 2. The average molecular weight is 574 g/mol. The van der Waals surface area contributed by atoms with Crippen molar-refractivity contribution in [3.63, 3.8) is 0 Å². The molecule has 1 atom stereocenters. The lowest BCUT2D eigenvalue weighted by Crippen LogP contribution is -2.56. The van der Waals surface area contributed by atoms with E-state index in [0.29, 0.717) is 10.6 Å². The fourth-order valence-corrected chi connectivity index (χ4v) is 5.02. The fourth-order valence-electron chi connectivity index (χ4n) is 4.04. The van der Waals surface area contributed by atoms with Crippen LogP contribution >= 0.6 is 11.6 Å². The molecule has 2 amide bonds. The number of nitrogens with one attached hydrogen (secondary N) is 1. The second-order valence-corrected chi connectivity index (χ2v) is 12.7. The Bertz CT molecular complexity index is 1390. The highest BCUT2D eigenvalue weighted by Gasteiger charge is 2.34. The molecule has 208 valence electrons. The first-order valence-corrected chi connectivity index (χ1v) is 14.6. The fraction of sp³-hybridized carbons (Fsp3) is 0.310. The smallest absolute Gasteiger partial charge is 0.244 e. The van der Waals surface area contributed by atoms with E-state index in [9.17, 15) is 22.4 Å². The SMILES string of the molecule is CC(C)(C)NC(=O)C(Cc1ccccc1)N(Cc1ccc(Cl)cc1)C(=O)CN(c1ccccc1F)S(C)(=O)=O. The molecule has 0 spiro atoms. The third kappa shape index (κ3) is 8.80. The topological polar surface area (TPSA) is 86.8 Å². The van der Waals surface area contributed by atoms with Gasteiger partial charge in [0.25, 0.3) is 0 Å². The molecule has 39 heavy (non-hydrogen) atoms. The van der Waals surface area contributed by atoms with Crippen molar-refractivity contribution in [2.75, 3.05) is 17.1 Å². The summed E-state index contributed by atoms with van der Waals surface area (Å²) < 4.78 is 40.8. The first-order valence-electron chi connectivity index (χ1n) is 12.4. The minimum Gasteiger partial charge on any atom is -0.350 e. The maximum Gasteiger partial charge on any atom is 0.244 e. The Kier molecular flexibility index (Phi) is 9.74. The van der Waals surface area contributed by atoms with E-state index >= 15 is 0 Å². The highest BCUT2D eigenvalue weighted by Crippen LogP contribution is 2.23. The summed E-state index contributed by atoms with van der Waals surface area (Å²) in [6, 6.07) is 20.4. The summed E-state index contributed by atoms with van der Waals surface area (Å²) in [4.78, 5) is 28.9. The predicted octanol–water partition coefficient (Wildman–Crippen LogP) is 4.80. The van der Waals surface area contributed by atoms with Crippen LogP contribution in [-0.2, 0) is 32.6 Å². The van der Waals surface area contributed by atoms with Crippen molar-refractivity contribution >= 4 is 39.1 Å². The molecule has 1 unspecified atom stereocenters. The van der Waals surface area contributed by atoms with Gasteiger partial charge in [0.1, 0.15) is 18.4 Å². The molecule has 3 rings (SSSR count). The number of para-hydroxylation sites is 1. The maximum atomic E-state index is 14.7. The molecule has 10 heteroatoms. The molecule has 0 fully saturated rings. The van der Waals surface area contributed by atoms with Crippen LogP contribution in [0.2, 0.25) is 5.02 Å². The van der Waals surface area contributed by atoms with Crippen LogP contribution in [0.25, 0.3) is 0 Å². The molecule has 0 aliphatic carbocycles. The van der Waals surface area contributed by atoms with E-state index in [1.54, 1.807) is 24.3 Å². The maximum absolute atomic E-state index is 14.7. The normalized spacial score (nSPS) is 12.5. The summed E-state index contributed by atoms with van der Waals surface area (Å²) in [5.41, 5.74) is 0.659. The van der Waals surface area contributed by atoms with Gasteiger partial charge in [-0.25, -0.2) is 12.8 Å². The Morgan fingerprint density at radius 2 is 1.51 bits per heavy atom. The van der Waals surface area contributed by atoms with Gasteiger partial charge in [0, 0.05) is 23.5 Å². The van der Waals surface area contributed by atoms with E-state index in [1.807, 2.05) is 51.1 Å². The number of nitrogens with zero attached hydrogens (tertiary/aromatic N) is 2. The monoisotopic (exact) mass is 573 g/mol.